The molecule has 0 atom stereocenters. The Bertz CT molecular complexity index is 539. The molecule has 0 spiro atoms. The summed E-state index contributed by atoms with van der Waals surface area (Å²) in [6.45, 7) is 0. The molecular weight excluding hydrogens is 302 g/mol. The number of fused-ring (bicyclic) bond motifs is 1. The standard InChI is InChI=1S/C12H12BrNO4/c1-17-11-6-10(13)12(18-2)9-5-7(14(15)16)3-4-8(9)11/h5-6H,3-4H2,1-2H3. The van der Waals surface area contributed by atoms with Crippen LogP contribution in [0.1, 0.15) is 17.5 Å². The van der Waals surface area contributed by atoms with Crippen LogP contribution in [0.15, 0.2) is 16.2 Å². The van der Waals surface area contributed by atoms with Crippen LogP contribution in [0.25, 0.3) is 6.08 Å². The molecule has 1 aliphatic carbocycles. The summed E-state index contributed by atoms with van der Waals surface area (Å²) in [6, 6.07) is 1.82. The van der Waals surface area contributed by atoms with E-state index in [1.807, 2.05) is 6.07 Å². The maximum Gasteiger partial charge on any atom is 0.247 e. The molecule has 6 heteroatoms. The average molecular weight is 314 g/mol. The minimum absolute atomic E-state index is 0.195. The highest BCUT2D eigenvalue weighted by molar-refractivity contribution is 9.10. The van der Waals surface area contributed by atoms with Crippen molar-refractivity contribution in [2.75, 3.05) is 14.2 Å². The minimum atomic E-state index is -0.351. The monoisotopic (exact) mass is 313 g/mol. The summed E-state index contributed by atoms with van der Waals surface area (Å²) in [5.74, 6) is 1.32. The van der Waals surface area contributed by atoms with E-state index in [2.05, 4.69) is 15.9 Å². The average Bonchev–Trinajstić information content (AvgIpc) is 2.37. The molecule has 2 rings (SSSR count). The van der Waals surface area contributed by atoms with Gasteiger partial charge in [-0.05, 0) is 28.4 Å². The van der Waals surface area contributed by atoms with E-state index < -0.39 is 0 Å². The van der Waals surface area contributed by atoms with E-state index >= 15 is 0 Å². The molecule has 0 aliphatic heterocycles. The summed E-state index contributed by atoms with van der Waals surface area (Å²) < 4.78 is 11.3. The lowest BCUT2D eigenvalue weighted by molar-refractivity contribution is -0.426. The number of hydrogen-bond donors (Lipinski definition) is 0. The van der Waals surface area contributed by atoms with Crippen molar-refractivity contribution in [1.29, 1.82) is 0 Å². The second kappa shape index (κ2) is 4.97. The molecule has 0 radical (unpaired) electrons. The van der Waals surface area contributed by atoms with Gasteiger partial charge in [-0.1, -0.05) is 0 Å². The van der Waals surface area contributed by atoms with E-state index in [4.69, 9.17) is 9.47 Å². The van der Waals surface area contributed by atoms with E-state index in [9.17, 15) is 10.1 Å². The van der Waals surface area contributed by atoms with E-state index in [-0.39, 0.29) is 10.6 Å². The van der Waals surface area contributed by atoms with Crippen LogP contribution in [0.2, 0.25) is 0 Å². The molecule has 0 fully saturated rings. The number of methoxy groups -OCH3 is 2. The van der Waals surface area contributed by atoms with Crippen molar-refractivity contribution < 1.29 is 14.4 Å². The smallest absolute Gasteiger partial charge is 0.247 e. The van der Waals surface area contributed by atoms with Gasteiger partial charge in [-0.15, -0.1) is 0 Å². The molecule has 96 valence electrons. The van der Waals surface area contributed by atoms with Crippen molar-refractivity contribution >= 4 is 22.0 Å². The van der Waals surface area contributed by atoms with Crippen LogP contribution in [0.5, 0.6) is 11.5 Å². The molecule has 0 N–H and O–H groups in total. The Labute approximate surface area is 113 Å². The van der Waals surface area contributed by atoms with Gasteiger partial charge in [-0.25, -0.2) is 0 Å². The van der Waals surface area contributed by atoms with Crippen molar-refractivity contribution in [1.82, 2.24) is 0 Å². The van der Waals surface area contributed by atoms with Gasteiger partial charge in [0.1, 0.15) is 11.5 Å². The van der Waals surface area contributed by atoms with Crippen molar-refractivity contribution in [3.05, 3.63) is 37.5 Å². The Morgan fingerprint density at radius 1 is 1.33 bits per heavy atom. The topological polar surface area (TPSA) is 61.6 Å². The van der Waals surface area contributed by atoms with Gasteiger partial charge in [0.05, 0.1) is 23.6 Å². The Balaban J connectivity index is 2.67. The van der Waals surface area contributed by atoms with Crippen molar-refractivity contribution in [2.24, 2.45) is 0 Å². The molecule has 1 aromatic carbocycles. The molecule has 0 amide bonds. The Morgan fingerprint density at radius 2 is 2.06 bits per heavy atom. The minimum Gasteiger partial charge on any atom is -0.496 e. The van der Waals surface area contributed by atoms with E-state index in [1.54, 1.807) is 20.3 Å². The second-order valence-corrected chi connectivity index (χ2v) is 4.73. The Hall–Kier alpha value is -1.56. The zero-order chi connectivity index (χ0) is 13.3. The van der Waals surface area contributed by atoms with Gasteiger partial charge in [-0.3, -0.25) is 10.1 Å². The Kier molecular flexibility index (Phi) is 3.56. The summed E-state index contributed by atoms with van der Waals surface area (Å²) in [7, 11) is 3.13. The van der Waals surface area contributed by atoms with Crippen LogP contribution in [0.3, 0.4) is 0 Å². The molecule has 0 saturated heterocycles. The van der Waals surface area contributed by atoms with Crippen LogP contribution in [-0.4, -0.2) is 19.1 Å². The van der Waals surface area contributed by atoms with Gasteiger partial charge in [0.2, 0.25) is 5.70 Å². The highest BCUT2D eigenvalue weighted by Crippen LogP contribution is 2.42. The first-order valence-corrected chi connectivity index (χ1v) is 6.16. The van der Waals surface area contributed by atoms with Crippen LogP contribution >= 0.6 is 15.9 Å². The van der Waals surface area contributed by atoms with Crippen molar-refractivity contribution in [3.8, 4) is 11.5 Å². The highest BCUT2D eigenvalue weighted by Gasteiger charge is 2.25. The molecule has 0 heterocycles. The van der Waals surface area contributed by atoms with E-state index in [0.29, 0.717) is 18.6 Å². The SMILES string of the molecule is COc1cc(Br)c(OC)c2c1CCC([N+](=O)[O-])=C2. The summed E-state index contributed by atoms with van der Waals surface area (Å²) in [5.41, 5.74) is 1.87. The lowest BCUT2D eigenvalue weighted by Crippen LogP contribution is -2.09. The lowest BCUT2D eigenvalue weighted by atomic mass is 9.93. The number of ether oxygens (including phenoxy) is 2. The summed E-state index contributed by atoms with van der Waals surface area (Å²) >= 11 is 3.38. The number of halogens is 1. The van der Waals surface area contributed by atoms with Gasteiger partial charge in [0.15, 0.2) is 0 Å². The van der Waals surface area contributed by atoms with Crippen LogP contribution in [-0.2, 0) is 6.42 Å². The molecule has 0 unspecified atom stereocenters. The molecule has 1 aromatic rings. The molecule has 5 nitrogen and oxygen atoms in total. The first-order chi connectivity index (χ1) is 8.58. The summed E-state index contributed by atoms with van der Waals surface area (Å²) in [6.07, 6.45) is 2.54. The summed E-state index contributed by atoms with van der Waals surface area (Å²) in [5, 5.41) is 10.9. The molecule has 18 heavy (non-hydrogen) atoms. The molecule has 1 aliphatic rings. The van der Waals surface area contributed by atoms with Gasteiger partial charge < -0.3 is 9.47 Å². The van der Waals surface area contributed by atoms with Gasteiger partial charge in [-0.2, -0.15) is 0 Å². The Morgan fingerprint density at radius 3 is 2.61 bits per heavy atom. The number of benzene rings is 1. The number of hydrogen-bond acceptors (Lipinski definition) is 4. The van der Waals surface area contributed by atoms with Gasteiger partial charge in [0, 0.05) is 23.6 Å². The quantitative estimate of drug-likeness (QED) is 0.635. The van der Waals surface area contributed by atoms with Crippen molar-refractivity contribution in [3.63, 3.8) is 0 Å². The first kappa shape index (κ1) is 12.9. The van der Waals surface area contributed by atoms with Gasteiger partial charge >= 0.3 is 0 Å². The van der Waals surface area contributed by atoms with E-state index in [0.717, 1.165) is 21.3 Å². The lowest BCUT2D eigenvalue weighted by Gasteiger charge is -2.19. The highest BCUT2D eigenvalue weighted by atomic mass is 79.9. The molecule has 0 saturated carbocycles. The third kappa shape index (κ3) is 2.08. The van der Waals surface area contributed by atoms with Crippen LogP contribution < -0.4 is 9.47 Å². The number of nitrogens with zero attached hydrogens (tertiary/aromatic N) is 1. The molecular formula is C12H12BrNO4. The maximum atomic E-state index is 10.9. The predicted molar refractivity (Wildman–Crippen MR) is 70.5 cm³/mol. The molecule has 0 aromatic heterocycles. The number of rotatable bonds is 3. The van der Waals surface area contributed by atoms with Crippen molar-refractivity contribution in [2.45, 2.75) is 12.8 Å². The zero-order valence-electron chi connectivity index (χ0n) is 10.0. The zero-order valence-corrected chi connectivity index (χ0v) is 11.6. The maximum absolute atomic E-state index is 10.9. The van der Waals surface area contributed by atoms with E-state index in [1.165, 1.54) is 0 Å². The fraction of sp³-hybridized carbons (Fsp3) is 0.333. The van der Waals surface area contributed by atoms with Crippen LogP contribution in [0.4, 0.5) is 0 Å². The first-order valence-electron chi connectivity index (χ1n) is 5.36. The number of allylic oxidation sites excluding steroid dienone is 1. The fourth-order valence-electron chi connectivity index (χ4n) is 2.10. The predicted octanol–water partition coefficient (Wildman–Crippen LogP) is 3.03. The van der Waals surface area contributed by atoms with Gasteiger partial charge in [0.25, 0.3) is 0 Å². The van der Waals surface area contributed by atoms with Crippen LogP contribution in [0, 0.1) is 10.1 Å². The summed E-state index contributed by atoms with van der Waals surface area (Å²) in [4.78, 5) is 10.5. The fourth-order valence-corrected chi connectivity index (χ4v) is 2.69. The normalized spacial score (nSPS) is 13.6. The largest absolute Gasteiger partial charge is 0.496 e. The number of nitro groups is 1. The molecule has 0 bridgehead atoms. The third-order valence-electron chi connectivity index (χ3n) is 2.94. The second-order valence-electron chi connectivity index (χ2n) is 3.88. The third-order valence-corrected chi connectivity index (χ3v) is 3.53.